The van der Waals surface area contributed by atoms with Crippen molar-refractivity contribution in [3.63, 3.8) is 0 Å². The fourth-order valence-electron chi connectivity index (χ4n) is 3.90. The molecule has 0 unspecified atom stereocenters. The molecule has 0 aliphatic carbocycles. The predicted molar refractivity (Wildman–Crippen MR) is 112 cm³/mol. The molecule has 0 aromatic rings. The van der Waals surface area contributed by atoms with Crippen LogP contribution in [0.2, 0.25) is 0 Å². The molecule has 1 saturated heterocycles. The van der Waals surface area contributed by atoms with Gasteiger partial charge in [0, 0.05) is 32.8 Å². The molecule has 1 amide bonds. The van der Waals surface area contributed by atoms with E-state index >= 15 is 0 Å². The summed E-state index contributed by atoms with van der Waals surface area (Å²) in [7, 11) is -3.48. The molecule has 0 aromatic carbocycles. The lowest BCUT2D eigenvalue weighted by Crippen LogP contribution is -2.74. The average Bonchev–Trinajstić information content (AvgIpc) is 3.09. The first-order valence-electron chi connectivity index (χ1n) is 10.4. The van der Waals surface area contributed by atoms with Crippen LogP contribution in [0.15, 0.2) is 0 Å². The zero-order chi connectivity index (χ0) is 20.3. The molecule has 0 bridgehead atoms. The highest BCUT2D eigenvalue weighted by molar-refractivity contribution is 7.97. The monoisotopic (exact) mass is 419 g/mol. The van der Waals surface area contributed by atoms with Crippen molar-refractivity contribution in [1.29, 1.82) is 0 Å². The van der Waals surface area contributed by atoms with E-state index in [0.717, 1.165) is 25.7 Å². The Morgan fingerprint density at radius 3 is 2.00 bits per heavy atom. The first-order chi connectivity index (χ1) is 13.0. The Hall–Kier alpha value is -0.413. The third-order valence-corrected chi connectivity index (χ3v) is 9.39. The van der Waals surface area contributed by atoms with Gasteiger partial charge >= 0.3 is 8.80 Å². The Balaban J connectivity index is 3.11. The van der Waals surface area contributed by atoms with Gasteiger partial charge in [-0.2, -0.15) is 0 Å². The molecule has 6 nitrogen and oxygen atoms in total. The van der Waals surface area contributed by atoms with Crippen molar-refractivity contribution in [2.24, 2.45) is 0 Å². The van der Waals surface area contributed by atoms with Crippen molar-refractivity contribution in [3.05, 3.63) is 0 Å². The SMILES string of the molecule is CCCCCCCC(=O)N1CCC[C@@]1(C(=O)S)[Si](OCC)(OCC)OCC. The molecule has 0 N–H and O–H groups in total. The molecule has 1 atom stereocenters. The molecular formula is C19H37NO5SSi. The van der Waals surface area contributed by atoms with Crippen molar-refractivity contribution < 1.29 is 22.9 Å². The van der Waals surface area contributed by atoms with Crippen LogP contribution in [0.4, 0.5) is 0 Å². The molecule has 0 saturated carbocycles. The summed E-state index contributed by atoms with van der Waals surface area (Å²) < 4.78 is 18.1. The zero-order valence-electron chi connectivity index (χ0n) is 17.4. The number of nitrogens with zero attached hydrogens (tertiary/aromatic N) is 1. The molecule has 0 aromatic heterocycles. The predicted octanol–water partition coefficient (Wildman–Crippen LogP) is 3.75. The maximum Gasteiger partial charge on any atom is 0.537 e. The molecule has 158 valence electrons. The minimum Gasteiger partial charge on any atom is -0.372 e. The van der Waals surface area contributed by atoms with Gasteiger partial charge in [-0.15, -0.1) is 12.6 Å². The standard InChI is InChI=1S/C19H37NO5SSi/c1-5-9-10-11-12-14-17(21)20-16-13-15-19(20,18(22)26)27(23-6-2,24-7-3)25-8-4/h5-16H2,1-4H3,(H,22,26)/t19-/m0/s1. The van der Waals surface area contributed by atoms with Crippen LogP contribution in [0.5, 0.6) is 0 Å². The molecule has 1 fully saturated rings. The van der Waals surface area contributed by atoms with Crippen LogP contribution >= 0.6 is 12.6 Å². The fraction of sp³-hybridized carbons (Fsp3) is 0.895. The van der Waals surface area contributed by atoms with Gasteiger partial charge < -0.3 is 18.2 Å². The Kier molecular flexibility index (Phi) is 11.1. The minimum atomic E-state index is -3.48. The number of unbranched alkanes of at least 4 members (excludes halogenated alkanes) is 4. The van der Waals surface area contributed by atoms with Gasteiger partial charge in [-0.1, -0.05) is 32.6 Å². The number of carbonyl (C=O) groups excluding carboxylic acids is 2. The van der Waals surface area contributed by atoms with Gasteiger partial charge in [0.05, 0.1) is 0 Å². The molecule has 8 heteroatoms. The van der Waals surface area contributed by atoms with Crippen molar-refractivity contribution in [2.75, 3.05) is 26.4 Å². The summed E-state index contributed by atoms with van der Waals surface area (Å²) in [6, 6.07) is 0. The summed E-state index contributed by atoms with van der Waals surface area (Å²) in [5.41, 5.74) is 0. The Labute approximate surface area is 171 Å². The summed E-state index contributed by atoms with van der Waals surface area (Å²) in [5, 5.41) is -1.61. The highest BCUT2D eigenvalue weighted by atomic mass is 32.1. The second kappa shape index (κ2) is 12.2. The second-order valence-electron chi connectivity index (χ2n) is 6.83. The van der Waals surface area contributed by atoms with Gasteiger partial charge in [-0.05, 0) is 40.0 Å². The van der Waals surface area contributed by atoms with Gasteiger partial charge in [0.1, 0.15) is 0 Å². The van der Waals surface area contributed by atoms with Crippen LogP contribution in [-0.4, -0.2) is 56.3 Å². The maximum atomic E-state index is 13.1. The van der Waals surface area contributed by atoms with Crippen molar-refractivity contribution in [1.82, 2.24) is 4.90 Å². The molecular weight excluding hydrogens is 382 g/mol. The van der Waals surface area contributed by atoms with Gasteiger partial charge in [-0.25, -0.2) is 0 Å². The fourth-order valence-corrected chi connectivity index (χ4v) is 7.96. The smallest absolute Gasteiger partial charge is 0.372 e. The van der Waals surface area contributed by atoms with Gasteiger partial charge in [0.15, 0.2) is 5.16 Å². The number of thiol groups is 1. The van der Waals surface area contributed by atoms with Crippen LogP contribution in [0.1, 0.15) is 79.1 Å². The summed E-state index contributed by atoms with van der Waals surface area (Å²) in [6.45, 7) is 9.31. The largest absolute Gasteiger partial charge is 0.537 e. The van der Waals surface area contributed by atoms with E-state index in [2.05, 4.69) is 19.6 Å². The summed E-state index contributed by atoms with van der Waals surface area (Å²) in [4.78, 5) is 27.5. The van der Waals surface area contributed by atoms with E-state index in [0.29, 0.717) is 39.2 Å². The van der Waals surface area contributed by atoms with E-state index in [-0.39, 0.29) is 11.0 Å². The summed E-state index contributed by atoms with van der Waals surface area (Å²) >= 11 is 4.20. The number of hydrogen-bond donors (Lipinski definition) is 1. The topological polar surface area (TPSA) is 65.1 Å². The third kappa shape index (κ3) is 5.56. The molecule has 27 heavy (non-hydrogen) atoms. The summed E-state index contributed by atoms with van der Waals surface area (Å²) in [5.74, 6) is -0.0256. The number of rotatable bonds is 14. The van der Waals surface area contributed by atoms with Crippen LogP contribution in [0.3, 0.4) is 0 Å². The average molecular weight is 420 g/mol. The Bertz CT molecular complexity index is 462. The maximum absolute atomic E-state index is 13.1. The highest BCUT2D eigenvalue weighted by Crippen LogP contribution is 2.42. The summed E-state index contributed by atoms with van der Waals surface area (Å²) in [6.07, 6.45) is 6.98. The molecule has 1 aliphatic heterocycles. The number of hydrogen-bond acceptors (Lipinski definition) is 5. The normalized spacial score (nSPS) is 20.3. The minimum absolute atomic E-state index is 0.0256. The van der Waals surface area contributed by atoms with Gasteiger partial charge in [-0.3, -0.25) is 9.59 Å². The Morgan fingerprint density at radius 1 is 0.963 bits per heavy atom. The van der Waals surface area contributed by atoms with E-state index in [1.807, 2.05) is 20.8 Å². The Morgan fingerprint density at radius 2 is 1.52 bits per heavy atom. The highest BCUT2D eigenvalue weighted by Gasteiger charge is 2.70. The third-order valence-electron chi connectivity index (χ3n) is 5.04. The van der Waals surface area contributed by atoms with Crippen LogP contribution < -0.4 is 0 Å². The van der Waals surface area contributed by atoms with Gasteiger partial charge in [0.2, 0.25) is 11.0 Å². The number of amides is 1. The van der Waals surface area contributed by atoms with E-state index in [1.165, 1.54) is 12.8 Å². The van der Waals surface area contributed by atoms with Crippen molar-refractivity contribution >= 4 is 32.5 Å². The lowest BCUT2D eigenvalue weighted by molar-refractivity contribution is -0.140. The van der Waals surface area contributed by atoms with E-state index in [1.54, 1.807) is 4.90 Å². The molecule has 1 rings (SSSR count). The number of likely N-dealkylation sites (tertiary alicyclic amines) is 1. The van der Waals surface area contributed by atoms with Crippen molar-refractivity contribution in [3.8, 4) is 0 Å². The number of carbonyl (C=O) groups is 2. The molecule has 1 aliphatic rings. The molecule has 0 radical (unpaired) electrons. The first-order valence-corrected chi connectivity index (χ1v) is 12.6. The van der Waals surface area contributed by atoms with E-state index in [9.17, 15) is 9.59 Å². The van der Waals surface area contributed by atoms with Crippen molar-refractivity contribution in [2.45, 2.75) is 84.2 Å². The van der Waals surface area contributed by atoms with Gasteiger partial charge in [0.25, 0.3) is 0 Å². The second-order valence-corrected chi connectivity index (χ2v) is 10.0. The van der Waals surface area contributed by atoms with E-state index < -0.39 is 14.0 Å². The lowest BCUT2D eigenvalue weighted by atomic mass is 10.1. The lowest BCUT2D eigenvalue weighted by Gasteiger charge is -2.45. The van der Waals surface area contributed by atoms with Crippen LogP contribution in [-0.2, 0) is 22.9 Å². The quantitative estimate of drug-likeness (QED) is 0.264. The molecule has 1 heterocycles. The first kappa shape index (κ1) is 24.6. The van der Waals surface area contributed by atoms with Crippen LogP contribution in [0.25, 0.3) is 0 Å². The zero-order valence-corrected chi connectivity index (χ0v) is 19.3. The molecule has 0 spiro atoms. The van der Waals surface area contributed by atoms with E-state index in [4.69, 9.17) is 13.3 Å². The van der Waals surface area contributed by atoms with Crippen LogP contribution in [0, 0.1) is 0 Å².